The number of phenols is 4. The smallest absolute Gasteiger partial charge is 0.123 e. The Balaban J connectivity index is 1.57. The predicted octanol–water partition coefficient (Wildman–Crippen LogP) is 14.5. The van der Waals surface area contributed by atoms with Crippen LogP contribution in [0.4, 0.5) is 0 Å². The fourth-order valence-electron chi connectivity index (χ4n) is 8.80. The van der Waals surface area contributed by atoms with Gasteiger partial charge in [-0.3, -0.25) is 0 Å². The number of rotatable bonds is 13. The van der Waals surface area contributed by atoms with Gasteiger partial charge in [0.25, 0.3) is 0 Å². The Bertz CT molecular complexity index is 2430. The zero-order valence-electron chi connectivity index (χ0n) is 36.8. The van der Waals surface area contributed by atoms with Gasteiger partial charge in [0.2, 0.25) is 0 Å². The van der Waals surface area contributed by atoms with E-state index in [1.165, 1.54) is 0 Å². The lowest BCUT2D eigenvalue weighted by Gasteiger charge is -2.30. The van der Waals surface area contributed by atoms with Gasteiger partial charge in [-0.1, -0.05) is 195 Å². The lowest BCUT2D eigenvalue weighted by Crippen LogP contribution is -2.13. The highest BCUT2D eigenvalue weighted by atomic mass is 16.3. The summed E-state index contributed by atoms with van der Waals surface area (Å²) < 4.78 is 0. The van der Waals surface area contributed by atoms with Crippen molar-refractivity contribution in [2.45, 2.75) is 96.8 Å². The number of benzene rings is 7. The van der Waals surface area contributed by atoms with Gasteiger partial charge in [0.1, 0.15) is 23.0 Å². The number of hydrogen-bond acceptors (Lipinski definition) is 4. The molecule has 0 saturated carbocycles. The Morgan fingerprint density at radius 1 is 0.262 bits per heavy atom. The lowest BCUT2D eigenvalue weighted by molar-refractivity contribution is 0.446. The molecule has 0 fully saturated rings. The highest BCUT2D eigenvalue weighted by molar-refractivity contribution is 5.65. The van der Waals surface area contributed by atoms with E-state index in [1.54, 1.807) is 12.1 Å². The van der Waals surface area contributed by atoms with Crippen LogP contribution in [0, 0.1) is 0 Å². The van der Waals surface area contributed by atoms with Crippen molar-refractivity contribution < 1.29 is 20.4 Å². The Hall–Kier alpha value is -6.26. The molecule has 0 saturated heterocycles. The summed E-state index contributed by atoms with van der Waals surface area (Å²) >= 11 is 0. The van der Waals surface area contributed by atoms with Crippen molar-refractivity contribution in [3.8, 4) is 23.0 Å². The minimum Gasteiger partial charge on any atom is -0.508 e. The summed E-state index contributed by atoms with van der Waals surface area (Å²) in [5, 5.41) is 49.4. The summed E-state index contributed by atoms with van der Waals surface area (Å²) in [6.07, 6.45) is 0. The topological polar surface area (TPSA) is 80.9 Å². The monoisotopic (exact) mass is 808 g/mol. The van der Waals surface area contributed by atoms with Crippen LogP contribution in [-0.2, 0) is 0 Å². The highest BCUT2D eigenvalue weighted by Crippen LogP contribution is 2.51. The zero-order valence-corrected chi connectivity index (χ0v) is 36.8. The second-order valence-corrected chi connectivity index (χ2v) is 17.9. The number of hydrogen-bond donors (Lipinski definition) is 4. The van der Waals surface area contributed by atoms with E-state index in [2.05, 4.69) is 128 Å². The average molecular weight is 809 g/mol. The van der Waals surface area contributed by atoms with E-state index >= 15 is 0 Å². The van der Waals surface area contributed by atoms with Gasteiger partial charge in [-0.2, -0.15) is 0 Å². The summed E-state index contributed by atoms with van der Waals surface area (Å²) in [6, 6.07) is 50.3. The Kier molecular flexibility index (Phi) is 12.8. The minimum absolute atomic E-state index is 0.0892. The molecule has 4 N–H and O–H groups in total. The maximum atomic E-state index is 13.1. The van der Waals surface area contributed by atoms with Crippen LogP contribution in [0.2, 0.25) is 0 Å². The minimum atomic E-state index is -0.602. The predicted molar refractivity (Wildman–Crippen MR) is 251 cm³/mol. The molecule has 4 nitrogen and oxygen atoms in total. The molecule has 2 unspecified atom stereocenters. The molecule has 4 heteroatoms. The molecule has 0 aliphatic heterocycles. The highest BCUT2D eigenvalue weighted by Gasteiger charge is 2.33. The molecule has 312 valence electrons. The van der Waals surface area contributed by atoms with E-state index in [0.717, 1.165) is 50.1 Å². The first-order valence-corrected chi connectivity index (χ1v) is 21.8. The van der Waals surface area contributed by atoms with Gasteiger partial charge in [-0.25, -0.2) is 0 Å². The fraction of sp³-hybridized carbons (Fsp3) is 0.263. The van der Waals surface area contributed by atoms with E-state index < -0.39 is 17.8 Å². The SMILES string of the molecule is CC(C)c1ccc(O)c(C(c2ccccc2)c2cc(C(C)C)cc(C(c3ccccc3)c3cc(C(C)C)cc(C(c4ccccc4)c4cc(C(C)C)ccc4O)c3O)c2O)c1. The third-order valence-corrected chi connectivity index (χ3v) is 12.4. The van der Waals surface area contributed by atoms with Crippen molar-refractivity contribution in [2.75, 3.05) is 0 Å². The van der Waals surface area contributed by atoms with E-state index in [1.807, 2.05) is 66.7 Å². The van der Waals surface area contributed by atoms with Crippen molar-refractivity contribution in [1.82, 2.24) is 0 Å². The second-order valence-electron chi connectivity index (χ2n) is 17.9. The van der Waals surface area contributed by atoms with Gasteiger partial charge in [0.15, 0.2) is 0 Å². The van der Waals surface area contributed by atoms with Crippen LogP contribution in [-0.4, -0.2) is 20.4 Å². The van der Waals surface area contributed by atoms with Crippen LogP contribution in [0.3, 0.4) is 0 Å². The molecule has 7 rings (SSSR count). The summed E-state index contributed by atoms with van der Waals surface area (Å²) in [5.74, 6) is -0.424. The fourth-order valence-corrected chi connectivity index (χ4v) is 8.80. The van der Waals surface area contributed by atoms with Gasteiger partial charge in [0, 0.05) is 51.1 Å². The Morgan fingerprint density at radius 2 is 0.508 bits per heavy atom. The molecule has 0 heterocycles. The van der Waals surface area contributed by atoms with Crippen LogP contribution in [0.1, 0.15) is 169 Å². The second kappa shape index (κ2) is 18.2. The van der Waals surface area contributed by atoms with Gasteiger partial charge in [-0.05, 0) is 74.7 Å². The van der Waals surface area contributed by atoms with Crippen LogP contribution >= 0.6 is 0 Å². The standard InChI is InChI=1S/C57H60O4/c1-34(2)41-24-26-51(58)45(28-41)53(38-18-12-9-13-19-38)47-30-43(36(5)6)32-49(56(47)60)55(40-22-16-11-17-23-40)50-33-44(37(7)8)31-48(57(50)61)54(39-20-14-10-15-21-39)46-29-42(35(3)4)25-27-52(46)59/h9-37,53-55,58-61H,1-8H3. The molecule has 0 bridgehead atoms. The molecule has 0 aliphatic carbocycles. The van der Waals surface area contributed by atoms with E-state index in [0.29, 0.717) is 22.3 Å². The third-order valence-electron chi connectivity index (χ3n) is 12.4. The van der Waals surface area contributed by atoms with Gasteiger partial charge in [0.05, 0.1) is 0 Å². The molecular weight excluding hydrogens is 749 g/mol. The molecule has 0 aliphatic rings. The molecule has 7 aromatic carbocycles. The largest absolute Gasteiger partial charge is 0.508 e. The van der Waals surface area contributed by atoms with Gasteiger partial charge in [-0.15, -0.1) is 0 Å². The van der Waals surface area contributed by atoms with Crippen molar-refractivity contribution in [3.05, 3.63) is 224 Å². The third kappa shape index (κ3) is 8.82. The van der Waals surface area contributed by atoms with Crippen LogP contribution < -0.4 is 0 Å². The molecule has 0 aromatic heterocycles. The molecular formula is C57H60O4. The number of phenolic OH excluding ortho intramolecular Hbond substituents is 4. The molecule has 7 aromatic rings. The first-order valence-electron chi connectivity index (χ1n) is 21.8. The van der Waals surface area contributed by atoms with Crippen molar-refractivity contribution >= 4 is 0 Å². The zero-order chi connectivity index (χ0) is 43.5. The molecule has 61 heavy (non-hydrogen) atoms. The maximum Gasteiger partial charge on any atom is 0.123 e. The Labute approximate surface area is 362 Å². The maximum absolute atomic E-state index is 13.1. The summed E-state index contributed by atoms with van der Waals surface area (Å²) in [6.45, 7) is 17.2. The van der Waals surface area contributed by atoms with E-state index in [-0.39, 0.29) is 46.7 Å². The lowest BCUT2D eigenvalue weighted by atomic mass is 9.75. The van der Waals surface area contributed by atoms with E-state index in [4.69, 9.17) is 0 Å². The molecule has 0 spiro atoms. The first kappa shape index (κ1) is 42.8. The summed E-state index contributed by atoms with van der Waals surface area (Å²) in [7, 11) is 0. The van der Waals surface area contributed by atoms with Gasteiger partial charge < -0.3 is 20.4 Å². The number of aromatic hydroxyl groups is 4. The quantitative estimate of drug-likeness (QED) is 0.0875. The first-order chi connectivity index (χ1) is 29.2. The van der Waals surface area contributed by atoms with Crippen molar-refractivity contribution in [2.24, 2.45) is 0 Å². The molecule has 0 radical (unpaired) electrons. The van der Waals surface area contributed by atoms with Crippen molar-refractivity contribution in [1.29, 1.82) is 0 Å². The summed E-state index contributed by atoms with van der Waals surface area (Å²) in [4.78, 5) is 0. The Morgan fingerprint density at radius 3 is 0.770 bits per heavy atom. The van der Waals surface area contributed by atoms with Crippen LogP contribution in [0.15, 0.2) is 152 Å². The van der Waals surface area contributed by atoms with E-state index in [9.17, 15) is 20.4 Å². The summed E-state index contributed by atoms with van der Waals surface area (Å²) in [5.41, 5.74) is 11.2. The normalized spacial score (nSPS) is 13.2. The molecule has 2 atom stereocenters. The van der Waals surface area contributed by atoms with Crippen LogP contribution in [0.25, 0.3) is 0 Å². The molecule has 0 amide bonds. The van der Waals surface area contributed by atoms with Crippen molar-refractivity contribution in [3.63, 3.8) is 0 Å². The van der Waals surface area contributed by atoms with Gasteiger partial charge >= 0.3 is 0 Å². The average Bonchev–Trinajstić information content (AvgIpc) is 3.25. The van der Waals surface area contributed by atoms with Crippen LogP contribution in [0.5, 0.6) is 23.0 Å².